The summed E-state index contributed by atoms with van der Waals surface area (Å²) in [4.78, 5) is 13.8. The van der Waals surface area contributed by atoms with Gasteiger partial charge in [-0.25, -0.2) is 0 Å². The van der Waals surface area contributed by atoms with Crippen LogP contribution >= 0.6 is 11.6 Å². The number of carbonyl (C=O) groups is 1. The second kappa shape index (κ2) is 6.92. The Kier molecular flexibility index (Phi) is 5.23. The predicted molar refractivity (Wildman–Crippen MR) is 76.9 cm³/mol. The van der Waals surface area contributed by atoms with Crippen LogP contribution < -0.4 is 10.5 Å². The second-order valence-corrected chi connectivity index (χ2v) is 5.29. The summed E-state index contributed by atoms with van der Waals surface area (Å²) in [6, 6.07) is 6.89. The number of ether oxygens (including phenoxy) is 2. The Morgan fingerprint density at radius 3 is 3.15 bits per heavy atom. The van der Waals surface area contributed by atoms with E-state index < -0.39 is 0 Å². The molecule has 110 valence electrons. The molecule has 0 spiro atoms. The van der Waals surface area contributed by atoms with Gasteiger partial charge in [-0.2, -0.15) is 0 Å². The predicted octanol–water partition coefficient (Wildman–Crippen LogP) is 1.29. The number of amides is 1. The van der Waals surface area contributed by atoms with Crippen LogP contribution in [-0.4, -0.2) is 49.3 Å². The molecule has 1 aliphatic heterocycles. The first-order valence-corrected chi connectivity index (χ1v) is 6.97. The molecule has 1 saturated heterocycles. The minimum absolute atomic E-state index is 0.00792. The van der Waals surface area contributed by atoms with E-state index in [0.717, 1.165) is 0 Å². The Labute approximate surface area is 123 Å². The van der Waals surface area contributed by atoms with Gasteiger partial charge in [-0.15, -0.1) is 0 Å². The molecule has 2 rings (SSSR count). The molecular weight excluding hydrogens is 280 g/mol. The SMILES string of the molecule is CC(N)C1CN(C(=O)COc2cccc(Cl)c2)CCO1. The molecule has 0 aromatic heterocycles. The molecule has 1 aliphatic rings. The van der Waals surface area contributed by atoms with E-state index in [1.54, 1.807) is 29.2 Å². The van der Waals surface area contributed by atoms with Crippen LogP contribution in [0.25, 0.3) is 0 Å². The molecule has 6 heteroatoms. The third-order valence-electron chi connectivity index (χ3n) is 3.19. The molecule has 0 aliphatic carbocycles. The van der Waals surface area contributed by atoms with Crippen molar-refractivity contribution < 1.29 is 14.3 Å². The summed E-state index contributed by atoms with van der Waals surface area (Å²) in [5.74, 6) is 0.516. The molecule has 0 bridgehead atoms. The van der Waals surface area contributed by atoms with E-state index in [-0.39, 0.29) is 24.7 Å². The van der Waals surface area contributed by atoms with Crippen LogP contribution in [0.2, 0.25) is 5.02 Å². The topological polar surface area (TPSA) is 64.8 Å². The average Bonchev–Trinajstić information content (AvgIpc) is 2.45. The van der Waals surface area contributed by atoms with E-state index >= 15 is 0 Å². The summed E-state index contributed by atoms with van der Waals surface area (Å²) in [6.45, 7) is 3.46. The number of morpholine rings is 1. The quantitative estimate of drug-likeness (QED) is 0.910. The van der Waals surface area contributed by atoms with Crippen LogP contribution in [0.4, 0.5) is 0 Å². The Bertz CT molecular complexity index is 467. The third kappa shape index (κ3) is 4.10. The summed E-state index contributed by atoms with van der Waals surface area (Å²) < 4.78 is 11.0. The molecule has 1 aromatic carbocycles. The minimum atomic E-state index is -0.112. The number of halogens is 1. The van der Waals surface area contributed by atoms with Gasteiger partial charge >= 0.3 is 0 Å². The van der Waals surface area contributed by atoms with Gasteiger partial charge in [0.05, 0.1) is 12.7 Å². The fourth-order valence-electron chi connectivity index (χ4n) is 2.01. The van der Waals surface area contributed by atoms with Gasteiger partial charge in [-0.1, -0.05) is 17.7 Å². The van der Waals surface area contributed by atoms with Crippen LogP contribution in [-0.2, 0) is 9.53 Å². The maximum absolute atomic E-state index is 12.1. The summed E-state index contributed by atoms with van der Waals surface area (Å²) in [5, 5.41) is 0.582. The summed E-state index contributed by atoms with van der Waals surface area (Å²) in [5.41, 5.74) is 5.80. The number of nitrogens with zero attached hydrogens (tertiary/aromatic N) is 1. The number of carbonyl (C=O) groups excluding carboxylic acids is 1. The van der Waals surface area contributed by atoms with E-state index in [4.69, 9.17) is 26.8 Å². The molecule has 20 heavy (non-hydrogen) atoms. The Morgan fingerprint density at radius 2 is 2.45 bits per heavy atom. The molecule has 1 heterocycles. The highest BCUT2D eigenvalue weighted by Gasteiger charge is 2.26. The van der Waals surface area contributed by atoms with E-state index in [9.17, 15) is 4.79 Å². The maximum atomic E-state index is 12.1. The zero-order valence-corrected chi connectivity index (χ0v) is 12.2. The first-order chi connectivity index (χ1) is 9.56. The summed E-state index contributed by atoms with van der Waals surface area (Å²) in [7, 11) is 0. The standard InChI is InChI=1S/C14H19ClN2O3/c1-10(16)13-8-17(5-6-19-13)14(18)9-20-12-4-2-3-11(15)7-12/h2-4,7,10,13H,5-6,8-9,16H2,1H3. The van der Waals surface area contributed by atoms with Crippen molar-refractivity contribution in [3.8, 4) is 5.75 Å². The van der Waals surface area contributed by atoms with Crippen molar-refractivity contribution >= 4 is 17.5 Å². The molecule has 1 fully saturated rings. The monoisotopic (exact) mass is 298 g/mol. The van der Waals surface area contributed by atoms with Gasteiger partial charge in [0.2, 0.25) is 0 Å². The first-order valence-electron chi connectivity index (χ1n) is 6.59. The summed E-state index contributed by atoms with van der Waals surface area (Å²) >= 11 is 5.86. The van der Waals surface area contributed by atoms with Crippen molar-refractivity contribution in [3.63, 3.8) is 0 Å². The maximum Gasteiger partial charge on any atom is 0.260 e. The van der Waals surface area contributed by atoms with Crippen molar-refractivity contribution in [1.29, 1.82) is 0 Å². The van der Waals surface area contributed by atoms with Crippen LogP contribution in [0, 0.1) is 0 Å². The number of nitrogens with two attached hydrogens (primary N) is 1. The summed E-state index contributed by atoms with van der Waals surface area (Å²) in [6.07, 6.45) is -0.112. The number of rotatable bonds is 4. The highest BCUT2D eigenvalue weighted by atomic mass is 35.5. The van der Waals surface area contributed by atoms with Gasteiger partial charge in [0, 0.05) is 24.2 Å². The van der Waals surface area contributed by atoms with Crippen LogP contribution in [0.1, 0.15) is 6.92 Å². The zero-order valence-electron chi connectivity index (χ0n) is 11.4. The van der Waals surface area contributed by atoms with Crippen LogP contribution in [0.3, 0.4) is 0 Å². The molecule has 2 atom stereocenters. The molecule has 0 saturated carbocycles. The Hall–Kier alpha value is -1.30. The second-order valence-electron chi connectivity index (χ2n) is 4.85. The largest absolute Gasteiger partial charge is 0.484 e. The molecule has 2 unspecified atom stereocenters. The first kappa shape index (κ1) is 15.1. The fraction of sp³-hybridized carbons (Fsp3) is 0.500. The van der Waals surface area contributed by atoms with E-state index in [1.807, 2.05) is 6.92 Å². The average molecular weight is 299 g/mol. The molecule has 1 aromatic rings. The molecule has 5 nitrogen and oxygen atoms in total. The zero-order chi connectivity index (χ0) is 14.5. The lowest BCUT2D eigenvalue weighted by molar-refractivity contribution is -0.141. The van der Waals surface area contributed by atoms with E-state index in [0.29, 0.717) is 30.5 Å². The van der Waals surface area contributed by atoms with Gasteiger partial charge in [-0.05, 0) is 25.1 Å². The van der Waals surface area contributed by atoms with Gasteiger partial charge < -0.3 is 20.1 Å². The fourth-order valence-corrected chi connectivity index (χ4v) is 2.19. The van der Waals surface area contributed by atoms with Crippen molar-refractivity contribution in [2.75, 3.05) is 26.3 Å². The lowest BCUT2D eigenvalue weighted by Gasteiger charge is -2.34. The lowest BCUT2D eigenvalue weighted by atomic mass is 10.1. The molecular formula is C14H19ClN2O3. The van der Waals surface area contributed by atoms with Crippen molar-refractivity contribution in [1.82, 2.24) is 4.90 Å². The number of hydrogen-bond donors (Lipinski definition) is 1. The highest BCUT2D eigenvalue weighted by Crippen LogP contribution is 2.17. The molecule has 1 amide bonds. The minimum Gasteiger partial charge on any atom is -0.484 e. The Morgan fingerprint density at radius 1 is 1.65 bits per heavy atom. The van der Waals surface area contributed by atoms with Crippen molar-refractivity contribution in [3.05, 3.63) is 29.3 Å². The molecule has 0 radical (unpaired) electrons. The number of benzene rings is 1. The van der Waals surface area contributed by atoms with Crippen LogP contribution in [0.15, 0.2) is 24.3 Å². The van der Waals surface area contributed by atoms with Gasteiger partial charge in [-0.3, -0.25) is 4.79 Å². The van der Waals surface area contributed by atoms with E-state index in [1.165, 1.54) is 0 Å². The van der Waals surface area contributed by atoms with E-state index in [2.05, 4.69) is 0 Å². The van der Waals surface area contributed by atoms with Crippen molar-refractivity contribution in [2.24, 2.45) is 5.73 Å². The van der Waals surface area contributed by atoms with Gasteiger partial charge in [0.25, 0.3) is 5.91 Å². The van der Waals surface area contributed by atoms with Gasteiger partial charge in [0.1, 0.15) is 5.75 Å². The smallest absolute Gasteiger partial charge is 0.260 e. The molecule has 2 N–H and O–H groups in total. The third-order valence-corrected chi connectivity index (χ3v) is 3.43. The van der Waals surface area contributed by atoms with Gasteiger partial charge in [0.15, 0.2) is 6.61 Å². The van der Waals surface area contributed by atoms with Crippen molar-refractivity contribution in [2.45, 2.75) is 19.1 Å². The highest BCUT2D eigenvalue weighted by molar-refractivity contribution is 6.30. The lowest BCUT2D eigenvalue weighted by Crippen LogP contribution is -2.52. The Balaban J connectivity index is 1.85. The number of hydrogen-bond acceptors (Lipinski definition) is 4. The normalized spacial score (nSPS) is 20.6. The van der Waals surface area contributed by atoms with Crippen LogP contribution in [0.5, 0.6) is 5.75 Å².